The summed E-state index contributed by atoms with van der Waals surface area (Å²) in [4.78, 5) is 15.1. The van der Waals surface area contributed by atoms with Crippen LogP contribution in [0.4, 0.5) is 0 Å². The maximum atomic E-state index is 11.3. The van der Waals surface area contributed by atoms with Crippen LogP contribution in [0.15, 0.2) is 24.5 Å². The largest absolute Gasteiger partial charge is 0.432 e. The van der Waals surface area contributed by atoms with E-state index in [9.17, 15) is 4.79 Å². The number of aromatic nitrogens is 1. The summed E-state index contributed by atoms with van der Waals surface area (Å²) >= 11 is 0. The molecule has 0 N–H and O–H groups in total. The van der Waals surface area contributed by atoms with Crippen LogP contribution in [0, 0.1) is 0 Å². The van der Waals surface area contributed by atoms with E-state index in [1.54, 1.807) is 18.3 Å². The molecule has 1 aliphatic rings. The van der Waals surface area contributed by atoms with Crippen LogP contribution in [0.1, 0.15) is 16.8 Å². The monoisotopic (exact) mass is 179 g/mol. The Balaban J connectivity index is 1.97. The molecule has 1 atom stereocenters. The van der Waals surface area contributed by atoms with Gasteiger partial charge in [0.1, 0.15) is 0 Å². The third kappa shape index (κ3) is 1.84. The maximum absolute atomic E-state index is 11.3. The highest BCUT2D eigenvalue weighted by molar-refractivity contribution is 5.88. The summed E-state index contributed by atoms with van der Waals surface area (Å²) < 4.78 is 9.93. The van der Waals surface area contributed by atoms with Gasteiger partial charge in [-0.2, -0.15) is 0 Å². The first-order chi connectivity index (χ1) is 6.36. The van der Waals surface area contributed by atoms with Crippen molar-refractivity contribution in [3.8, 4) is 0 Å². The van der Waals surface area contributed by atoms with Gasteiger partial charge >= 0.3 is 5.97 Å². The molecule has 0 unspecified atom stereocenters. The highest BCUT2D eigenvalue weighted by atomic mass is 16.7. The van der Waals surface area contributed by atoms with Crippen LogP contribution in [0.5, 0.6) is 0 Å². The van der Waals surface area contributed by atoms with E-state index in [0.717, 1.165) is 6.42 Å². The highest BCUT2D eigenvalue weighted by Gasteiger charge is 2.22. The van der Waals surface area contributed by atoms with Crippen LogP contribution in [0.2, 0.25) is 0 Å². The van der Waals surface area contributed by atoms with Gasteiger partial charge < -0.3 is 9.47 Å². The van der Waals surface area contributed by atoms with Crippen molar-refractivity contribution in [2.45, 2.75) is 12.7 Å². The first-order valence-electron chi connectivity index (χ1n) is 4.09. The third-order valence-corrected chi connectivity index (χ3v) is 1.79. The van der Waals surface area contributed by atoms with Gasteiger partial charge in [0.2, 0.25) is 6.29 Å². The lowest BCUT2D eigenvalue weighted by molar-refractivity contribution is -0.184. The second kappa shape index (κ2) is 3.53. The fourth-order valence-corrected chi connectivity index (χ4v) is 0.978. The Labute approximate surface area is 75.5 Å². The predicted molar refractivity (Wildman–Crippen MR) is 44.0 cm³/mol. The first kappa shape index (κ1) is 8.19. The van der Waals surface area contributed by atoms with Crippen LogP contribution in [0.25, 0.3) is 0 Å². The Morgan fingerprint density at radius 1 is 1.69 bits per heavy atom. The number of esters is 1. The predicted octanol–water partition coefficient (Wildman–Crippen LogP) is 0.985. The molecule has 0 aliphatic carbocycles. The summed E-state index contributed by atoms with van der Waals surface area (Å²) in [5, 5.41) is 0. The fourth-order valence-electron chi connectivity index (χ4n) is 0.978. The minimum absolute atomic E-state index is 0.354. The lowest BCUT2D eigenvalue weighted by Crippen LogP contribution is -2.31. The molecule has 1 aromatic heterocycles. The molecule has 0 bridgehead atoms. The van der Waals surface area contributed by atoms with Crippen molar-refractivity contribution in [1.29, 1.82) is 0 Å². The number of ether oxygens (including phenoxy) is 2. The zero-order chi connectivity index (χ0) is 9.10. The molecule has 4 heteroatoms. The van der Waals surface area contributed by atoms with Gasteiger partial charge in [-0.1, -0.05) is 0 Å². The standard InChI is InChI=1S/C9H9NO3/c11-9(13-8-3-5-12-8)7-2-1-4-10-6-7/h1-2,4,6,8H,3,5H2/t8-/m0/s1. The van der Waals surface area contributed by atoms with Crippen molar-refractivity contribution in [2.24, 2.45) is 0 Å². The van der Waals surface area contributed by atoms with E-state index in [0.29, 0.717) is 12.2 Å². The Bertz CT molecular complexity index is 295. The number of carbonyl (C=O) groups is 1. The highest BCUT2D eigenvalue weighted by Crippen LogP contribution is 2.14. The van der Waals surface area contributed by atoms with Gasteiger partial charge in [0.05, 0.1) is 12.2 Å². The lowest BCUT2D eigenvalue weighted by atomic mass is 10.3. The van der Waals surface area contributed by atoms with Crippen molar-refractivity contribution in [1.82, 2.24) is 4.98 Å². The van der Waals surface area contributed by atoms with Gasteiger partial charge in [-0.15, -0.1) is 0 Å². The molecule has 0 radical (unpaired) electrons. The SMILES string of the molecule is O=C(O[C@H]1CCO1)c1cccnc1. The smallest absolute Gasteiger partial charge is 0.342 e. The zero-order valence-electron chi connectivity index (χ0n) is 6.97. The molecule has 13 heavy (non-hydrogen) atoms. The molecule has 0 spiro atoms. The van der Waals surface area contributed by atoms with Gasteiger partial charge in [-0.3, -0.25) is 4.98 Å². The van der Waals surface area contributed by atoms with E-state index in [1.165, 1.54) is 6.20 Å². The van der Waals surface area contributed by atoms with E-state index in [1.807, 2.05) is 0 Å². The molecular weight excluding hydrogens is 170 g/mol. The Hall–Kier alpha value is -1.42. The number of nitrogens with zero attached hydrogens (tertiary/aromatic N) is 1. The van der Waals surface area contributed by atoms with Crippen LogP contribution >= 0.6 is 0 Å². The maximum Gasteiger partial charge on any atom is 0.342 e. The van der Waals surface area contributed by atoms with Crippen LogP contribution in [-0.2, 0) is 9.47 Å². The van der Waals surface area contributed by atoms with Gasteiger partial charge in [0.25, 0.3) is 0 Å². The van der Waals surface area contributed by atoms with Crippen molar-refractivity contribution in [3.63, 3.8) is 0 Å². The summed E-state index contributed by atoms with van der Waals surface area (Å²) in [6.07, 6.45) is 3.51. The number of carbonyl (C=O) groups excluding carboxylic acids is 1. The van der Waals surface area contributed by atoms with Crippen molar-refractivity contribution >= 4 is 5.97 Å². The van der Waals surface area contributed by atoms with E-state index in [2.05, 4.69) is 4.98 Å². The Morgan fingerprint density at radius 2 is 2.54 bits per heavy atom. The average molecular weight is 179 g/mol. The molecule has 1 saturated heterocycles. The van der Waals surface area contributed by atoms with Crippen LogP contribution < -0.4 is 0 Å². The molecule has 4 nitrogen and oxygen atoms in total. The molecule has 0 saturated carbocycles. The minimum atomic E-state index is -0.377. The van der Waals surface area contributed by atoms with Crippen molar-refractivity contribution < 1.29 is 14.3 Å². The molecule has 68 valence electrons. The molecule has 0 amide bonds. The topological polar surface area (TPSA) is 48.4 Å². The Kier molecular flexibility index (Phi) is 2.23. The molecule has 2 rings (SSSR count). The zero-order valence-corrected chi connectivity index (χ0v) is 6.97. The van der Waals surface area contributed by atoms with E-state index < -0.39 is 0 Å². The third-order valence-electron chi connectivity index (χ3n) is 1.79. The average Bonchev–Trinajstić information content (AvgIpc) is 2.12. The number of hydrogen-bond donors (Lipinski definition) is 0. The summed E-state index contributed by atoms with van der Waals surface area (Å²) in [5.41, 5.74) is 0.456. The molecule has 2 heterocycles. The van der Waals surface area contributed by atoms with Crippen molar-refractivity contribution in [2.75, 3.05) is 6.61 Å². The first-order valence-corrected chi connectivity index (χ1v) is 4.09. The summed E-state index contributed by atoms with van der Waals surface area (Å²) in [5.74, 6) is -0.377. The fraction of sp³-hybridized carbons (Fsp3) is 0.333. The molecule has 1 aliphatic heterocycles. The van der Waals surface area contributed by atoms with Gasteiger partial charge in [0, 0.05) is 18.8 Å². The van der Waals surface area contributed by atoms with Crippen LogP contribution in [-0.4, -0.2) is 23.9 Å². The number of rotatable bonds is 2. The molecule has 1 aromatic rings. The quantitative estimate of drug-likeness (QED) is 0.635. The lowest BCUT2D eigenvalue weighted by Gasteiger charge is -2.25. The summed E-state index contributed by atoms with van der Waals surface area (Å²) in [6.45, 7) is 0.672. The summed E-state index contributed by atoms with van der Waals surface area (Å²) in [7, 11) is 0. The Morgan fingerprint density at radius 3 is 3.08 bits per heavy atom. The van der Waals surface area contributed by atoms with Gasteiger partial charge in [-0.05, 0) is 12.1 Å². The van der Waals surface area contributed by atoms with Crippen LogP contribution in [0.3, 0.4) is 0 Å². The normalized spacial score (nSPS) is 20.5. The van der Waals surface area contributed by atoms with Crippen molar-refractivity contribution in [3.05, 3.63) is 30.1 Å². The van der Waals surface area contributed by atoms with Gasteiger partial charge in [0.15, 0.2) is 0 Å². The minimum Gasteiger partial charge on any atom is -0.432 e. The van der Waals surface area contributed by atoms with E-state index >= 15 is 0 Å². The number of hydrogen-bond acceptors (Lipinski definition) is 4. The number of pyridine rings is 1. The summed E-state index contributed by atoms with van der Waals surface area (Å²) in [6, 6.07) is 3.35. The molecule has 1 fully saturated rings. The molecule has 0 aromatic carbocycles. The second-order valence-corrected chi connectivity index (χ2v) is 2.74. The second-order valence-electron chi connectivity index (χ2n) is 2.74. The van der Waals surface area contributed by atoms with E-state index in [4.69, 9.17) is 9.47 Å². The molecular formula is C9H9NO3. The van der Waals surface area contributed by atoms with Gasteiger partial charge in [-0.25, -0.2) is 4.79 Å². The van der Waals surface area contributed by atoms with E-state index in [-0.39, 0.29) is 12.3 Å².